The first-order chi connectivity index (χ1) is 13.7. The number of halogens is 1. The van der Waals surface area contributed by atoms with Crippen molar-refractivity contribution in [3.63, 3.8) is 0 Å². The summed E-state index contributed by atoms with van der Waals surface area (Å²) >= 11 is 5.95. The lowest BCUT2D eigenvalue weighted by Crippen LogP contribution is -2.48. The van der Waals surface area contributed by atoms with Crippen LogP contribution in [0.1, 0.15) is 5.56 Å². The minimum absolute atomic E-state index is 0.0440. The van der Waals surface area contributed by atoms with Crippen LogP contribution in [-0.4, -0.2) is 48.4 Å². The van der Waals surface area contributed by atoms with E-state index in [9.17, 15) is 4.79 Å². The molecule has 1 saturated heterocycles. The molecule has 3 aromatic rings. The summed E-state index contributed by atoms with van der Waals surface area (Å²) in [6.07, 6.45) is 0. The molecule has 4 nitrogen and oxygen atoms in total. The summed E-state index contributed by atoms with van der Waals surface area (Å²) in [5.41, 5.74) is 2.15. The molecule has 1 N–H and O–H groups in total. The number of amides is 1. The molecular formula is C23H24ClN3O. The molecule has 1 heterocycles. The number of rotatable bonds is 5. The summed E-state index contributed by atoms with van der Waals surface area (Å²) in [7, 11) is 0. The average Bonchev–Trinajstić information content (AvgIpc) is 2.71. The van der Waals surface area contributed by atoms with E-state index in [1.54, 1.807) is 0 Å². The summed E-state index contributed by atoms with van der Waals surface area (Å²) in [5.74, 6) is 0.0440. The average molecular weight is 394 g/mol. The van der Waals surface area contributed by atoms with E-state index in [2.05, 4.69) is 39.4 Å². The summed E-state index contributed by atoms with van der Waals surface area (Å²) in [6.45, 7) is 5.08. The van der Waals surface area contributed by atoms with Gasteiger partial charge >= 0.3 is 0 Å². The van der Waals surface area contributed by atoms with E-state index in [1.807, 2.05) is 42.5 Å². The van der Waals surface area contributed by atoms with Crippen molar-refractivity contribution in [1.82, 2.24) is 9.80 Å². The molecule has 5 heteroatoms. The molecule has 144 valence electrons. The zero-order valence-electron chi connectivity index (χ0n) is 15.8. The van der Waals surface area contributed by atoms with Crippen molar-refractivity contribution in [2.24, 2.45) is 0 Å². The quantitative estimate of drug-likeness (QED) is 0.703. The Morgan fingerprint density at radius 2 is 1.54 bits per heavy atom. The van der Waals surface area contributed by atoms with Crippen LogP contribution in [-0.2, 0) is 11.3 Å². The van der Waals surface area contributed by atoms with Crippen molar-refractivity contribution in [2.45, 2.75) is 6.54 Å². The number of carbonyl (C=O) groups is 1. The largest absolute Gasteiger partial charge is 0.324 e. The van der Waals surface area contributed by atoms with E-state index in [0.29, 0.717) is 6.54 Å². The van der Waals surface area contributed by atoms with Crippen LogP contribution in [0.25, 0.3) is 10.8 Å². The fourth-order valence-corrected chi connectivity index (χ4v) is 3.81. The molecule has 0 aliphatic carbocycles. The first-order valence-electron chi connectivity index (χ1n) is 9.64. The molecule has 0 atom stereocenters. The molecule has 0 spiro atoms. The fourth-order valence-electron chi connectivity index (χ4n) is 3.68. The van der Waals surface area contributed by atoms with Crippen LogP contribution in [0.5, 0.6) is 0 Å². The first-order valence-corrected chi connectivity index (χ1v) is 10.0. The van der Waals surface area contributed by atoms with Crippen LogP contribution in [0.4, 0.5) is 5.69 Å². The zero-order valence-corrected chi connectivity index (χ0v) is 16.5. The minimum Gasteiger partial charge on any atom is -0.324 e. The van der Waals surface area contributed by atoms with Gasteiger partial charge in [-0.3, -0.25) is 14.6 Å². The Kier molecular flexibility index (Phi) is 5.91. The van der Waals surface area contributed by atoms with Crippen LogP contribution in [0, 0.1) is 0 Å². The molecule has 28 heavy (non-hydrogen) atoms. The maximum absolute atomic E-state index is 12.5. The number of anilines is 1. The van der Waals surface area contributed by atoms with Crippen molar-refractivity contribution in [2.75, 3.05) is 38.0 Å². The Hall–Kier alpha value is -2.40. The third-order valence-electron chi connectivity index (χ3n) is 5.22. The molecule has 0 unspecified atom stereocenters. The fraction of sp³-hybridized carbons (Fsp3) is 0.261. The monoisotopic (exact) mass is 393 g/mol. The lowest BCUT2D eigenvalue weighted by atomic mass is 10.1. The predicted octanol–water partition coefficient (Wildman–Crippen LogP) is 4.25. The molecule has 1 aliphatic heterocycles. The van der Waals surface area contributed by atoms with Crippen LogP contribution in [0.2, 0.25) is 5.02 Å². The predicted molar refractivity (Wildman–Crippen MR) is 116 cm³/mol. The Bertz CT molecular complexity index is 944. The second-order valence-electron chi connectivity index (χ2n) is 7.25. The number of carbonyl (C=O) groups excluding carboxylic acids is 1. The summed E-state index contributed by atoms with van der Waals surface area (Å²) in [4.78, 5) is 17.2. The third kappa shape index (κ3) is 4.71. The molecule has 3 aromatic carbocycles. The van der Waals surface area contributed by atoms with Crippen molar-refractivity contribution >= 4 is 34.0 Å². The van der Waals surface area contributed by atoms with Gasteiger partial charge in [0.05, 0.1) is 6.54 Å². The van der Waals surface area contributed by atoms with Crippen molar-refractivity contribution < 1.29 is 4.79 Å². The molecule has 1 aliphatic rings. The first kappa shape index (κ1) is 18.9. The van der Waals surface area contributed by atoms with E-state index in [4.69, 9.17) is 11.6 Å². The Labute approximate surface area is 170 Å². The third-order valence-corrected chi connectivity index (χ3v) is 5.47. The highest BCUT2D eigenvalue weighted by Gasteiger charge is 2.19. The van der Waals surface area contributed by atoms with E-state index in [-0.39, 0.29) is 5.91 Å². The molecule has 0 saturated carbocycles. The zero-order chi connectivity index (χ0) is 19.3. The summed E-state index contributed by atoms with van der Waals surface area (Å²) < 4.78 is 0. The van der Waals surface area contributed by atoms with Gasteiger partial charge in [0.2, 0.25) is 5.91 Å². The number of nitrogens with one attached hydrogen (secondary N) is 1. The number of nitrogens with zero attached hydrogens (tertiary/aromatic N) is 2. The van der Waals surface area contributed by atoms with E-state index in [0.717, 1.165) is 54.2 Å². The molecular weight excluding hydrogens is 370 g/mol. The van der Waals surface area contributed by atoms with Crippen molar-refractivity contribution in [1.29, 1.82) is 0 Å². The highest BCUT2D eigenvalue weighted by Crippen LogP contribution is 2.23. The number of hydrogen-bond acceptors (Lipinski definition) is 3. The topological polar surface area (TPSA) is 35.6 Å². The Balaban J connectivity index is 1.28. The summed E-state index contributed by atoms with van der Waals surface area (Å²) in [6, 6.07) is 22.1. The van der Waals surface area contributed by atoms with Crippen LogP contribution >= 0.6 is 11.6 Å². The highest BCUT2D eigenvalue weighted by atomic mass is 35.5. The van der Waals surface area contributed by atoms with Gasteiger partial charge in [0.25, 0.3) is 0 Å². The second kappa shape index (κ2) is 8.74. The second-order valence-corrected chi connectivity index (χ2v) is 7.69. The lowest BCUT2D eigenvalue weighted by molar-refractivity contribution is -0.117. The summed E-state index contributed by atoms with van der Waals surface area (Å²) in [5, 5.41) is 6.06. The van der Waals surface area contributed by atoms with Gasteiger partial charge in [0, 0.05) is 48.8 Å². The molecule has 0 radical (unpaired) electrons. The lowest BCUT2D eigenvalue weighted by Gasteiger charge is -2.34. The van der Waals surface area contributed by atoms with Gasteiger partial charge < -0.3 is 5.32 Å². The van der Waals surface area contributed by atoms with Gasteiger partial charge in [-0.05, 0) is 29.1 Å². The van der Waals surface area contributed by atoms with Gasteiger partial charge in [0.15, 0.2) is 0 Å². The number of fused-ring (bicyclic) bond motifs is 1. The number of benzene rings is 3. The minimum atomic E-state index is 0.0440. The normalized spacial score (nSPS) is 15.6. The van der Waals surface area contributed by atoms with Crippen LogP contribution in [0.15, 0.2) is 66.7 Å². The Morgan fingerprint density at radius 1 is 0.857 bits per heavy atom. The van der Waals surface area contributed by atoms with Gasteiger partial charge in [0.1, 0.15) is 0 Å². The molecule has 1 fully saturated rings. The number of piperazine rings is 1. The molecule has 0 aromatic heterocycles. The molecule has 0 bridgehead atoms. The number of hydrogen-bond donors (Lipinski definition) is 1. The van der Waals surface area contributed by atoms with Crippen molar-refractivity contribution in [3.05, 3.63) is 77.3 Å². The van der Waals surface area contributed by atoms with Crippen molar-refractivity contribution in [3.8, 4) is 0 Å². The van der Waals surface area contributed by atoms with Crippen LogP contribution < -0.4 is 5.32 Å². The molecule has 4 rings (SSSR count). The van der Waals surface area contributed by atoms with Gasteiger partial charge in [-0.15, -0.1) is 0 Å². The molecule has 1 amide bonds. The van der Waals surface area contributed by atoms with E-state index >= 15 is 0 Å². The smallest absolute Gasteiger partial charge is 0.238 e. The van der Waals surface area contributed by atoms with Gasteiger partial charge in [-0.2, -0.15) is 0 Å². The van der Waals surface area contributed by atoms with Gasteiger partial charge in [-0.25, -0.2) is 0 Å². The van der Waals surface area contributed by atoms with Gasteiger partial charge in [-0.1, -0.05) is 60.1 Å². The van der Waals surface area contributed by atoms with Crippen LogP contribution in [0.3, 0.4) is 0 Å². The SMILES string of the molecule is O=C(CN1CCN(Cc2ccc(Cl)cc2)CC1)Nc1cccc2ccccc12. The van der Waals surface area contributed by atoms with E-state index < -0.39 is 0 Å². The maximum atomic E-state index is 12.5. The highest BCUT2D eigenvalue weighted by molar-refractivity contribution is 6.30. The Morgan fingerprint density at radius 3 is 2.32 bits per heavy atom. The van der Waals surface area contributed by atoms with E-state index in [1.165, 1.54) is 5.56 Å². The maximum Gasteiger partial charge on any atom is 0.238 e. The standard InChI is InChI=1S/C23H24ClN3O/c24-20-10-8-18(9-11-20)16-26-12-14-27(15-13-26)17-23(28)25-22-7-3-5-19-4-1-2-6-21(19)22/h1-11H,12-17H2,(H,25,28).